The summed E-state index contributed by atoms with van der Waals surface area (Å²) in [5, 5.41) is 0. The van der Waals surface area contributed by atoms with Gasteiger partial charge in [0.05, 0.1) is 4.90 Å². The zero-order chi connectivity index (χ0) is 13.5. The van der Waals surface area contributed by atoms with E-state index in [4.69, 9.17) is 5.73 Å². The summed E-state index contributed by atoms with van der Waals surface area (Å²) in [6.07, 6.45) is 2.27. The summed E-state index contributed by atoms with van der Waals surface area (Å²) in [5.41, 5.74) is 7.95. The van der Waals surface area contributed by atoms with Crippen molar-refractivity contribution in [3.8, 4) is 0 Å². The third-order valence-electron chi connectivity index (χ3n) is 3.54. The fourth-order valence-electron chi connectivity index (χ4n) is 2.05. The molecule has 0 saturated heterocycles. The third kappa shape index (κ3) is 2.52. The summed E-state index contributed by atoms with van der Waals surface area (Å²) >= 11 is 0. The largest absolute Gasteiger partial charge is 0.399 e. The SMILES string of the molecule is Cc1cc(N)cc(S(=O)(=O)N(C)CC2CC2)c1C. The molecule has 0 atom stereocenters. The van der Waals surface area contributed by atoms with Crippen LogP contribution in [-0.2, 0) is 10.0 Å². The molecule has 0 aliphatic heterocycles. The van der Waals surface area contributed by atoms with Crippen molar-refractivity contribution in [1.29, 1.82) is 0 Å². The highest BCUT2D eigenvalue weighted by atomic mass is 32.2. The topological polar surface area (TPSA) is 63.4 Å². The minimum atomic E-state index is -3.42. The number of hydrogen-bond acceptors (Lipinski definition) is 3. The molecule has 0 unspecified atom stereocenters. The zero-order valence-electron chi connectivity index (χ0n) is 11.1. The molecule has 1 aromatic carbocycles. The van der Waals surface area contributed by atoms with Gasteiger partial charge in [-0.15, -0.1) is 0 Å². The molecule has 0 aromatic heterocycles. The molecule has 1 fully saturated rings. The van der Waals surface area contributed by atoms with Crippen LogP contribution in [0.25, 0.3) is 0 Å². The summed E-state index contributed by atoms with van der Waals surface area (Å²) < 4.78 is 26.4. The molecular formula is C13H20N2O2S. The summed E-state index contributed by atoms with van der Waals surface area (Å²) in [6, 6.07) is 3.36. The van der Waals surface area contributed by atoms with Gasteiger partial charge in [-0.2, -0.15) is 0 Å². The summed E-state index contributed by atoms with van der Waals surface area (Å²) in [4.78, 5) is 0.336. The summed E-state index contributed by atoms with van der Waals surface area (Å²) in [5.74, 6) is 0.534. The van der Waals surface area contributed by atoms with Crippen LogP contribution in [0.2, 0.25) is 0 Å². The van der Waals surface area contributed by atoms with E-state index in [1.165, 1.54) is 4.31 Å². The predicted octanol–water partition coefficient (Wildman–Crippen LogP) is 1.92. The molecule has 100 valence electrons. The number of rotatable bonds is 4. The van der Waals surface area contributed by atoms with Crippen LogP contribution >= 0.6 is 0 Å². The Morgan fingerprint density at radius 1 is 1.33 bits per heavy atom. The lowest BCUT2D eigenvalue weighted by atomic mass is 10.1. The lowest BCUT2D eigenvalue weighted by Gasteiger charge is -2.19. The van der Waals surface area contributed by atoms with Crippen LogP contribution in [-0.4, -0.2) is 26.3 Å². The number of nitrogens with zero attached hydrogens (tertiary/aromatic N) is 1. The second kappa shape index (κ2) is 4.55. The van der Waals surface area contributed by atoms with Crippen molar-refractivity contribution in [2.75, 3.05) is 19.3 Å². The van der Waals surface area contributed by atoms with Crippen molar-refractivity contribution >= 4 is 15.7 Å². The van der Waals surface area contributed by atoms with Crippen molar-refractivity contribution in [2.45, 2.75) is 31.6 Å². The van der Waals surface area contributed by atoms with Gasteiger partial charge in [-0.1, -0.05) is 0 Å². The number of aryl methyl sites for hydroxylation is 1. The van der Waals surface area contributed by atoms with Crippen LogP contribution in [0.15, 0.2) is 17.0 Å². The number of sulfonamides is 1. The predicted molar refractivity (Wildman–Crippen MR) is 72.9 cm³/mol. The highest BCUT2D eigenvalue weighted by Crippen LogP contribution is 2.32. The van der Waals surface area contributed by atoms with Crippen LogP contribution in [0.1, 0.15) is 24.0 Å². The molecule has 2 N–H and O–H groups in total. The minimum absolute atomic E-state index is 0.336. The Labute approximate surface area is 109 Å². The Morgan fingerprint density at radius 3 is 2.50 bits per heavy atom. The second-order valence-electron chi connectivity index (χ2n) is 5.19. The van der Waals surface area contributed by atoms with Gasteiger partial charge in [0.1, 0.15) is 0 Å². The average molecular weight is 268 g/mol. The monoisotopic (exact) mass is 268 g/mol. The molecule has 0 heterocycles. The van der Waals surface area contributed by atoms with Crippen LogP contribution < -0.4 is 5.73 Å². The van der Waals surface area contributed by atoms with E-state index in [0.29, 0.717) is 23.0 Å². The molecule has 1 saturated carbocycles. The third-order valence-corrected chi connectivity index (χ3v) is 5.49. The van der Waals surface area contributed by atoms with Gasteiger partial charge in [0.15, 0.2) is 0 Å². The first-order valence-electron chi connectivity index (χ1n) is 6.15. The Hall–Kier alpha value is -1.07. The van der Waals surface area contributed by atoms with Crippen LogP contribution in [0.3, 0.4) is 0 Å². The van der Waals surface area contributed by atoms with Gasteiger partial charge >= 0.3 is 0 Å². The molecule has 18 heavy (non-hydrogen) atoms. The van der Waals surface area contributed by atoms with E-state index in [-0.39, 0.29) is 0 Å². The van der Waals surface area contributed by atoms with Gasteiger partial charge in [0.2, 0.25) is 10.0 Å². The fourth-order valence-corrected chi connectivity index (χ4v) is 3.63. The molecule has 5 heteroatoms. The van der Waals surface area contributed by atoms with E-state index < -0.39 is 10.0 Å². The maximum Gasteiger partial charge on any atom is 0.243 e. The molecule has 0 amide bonds. The van der Waals surface area contributed by atoms with Gasteiger partial charge in [-0.25, -0.2) is 12.7 Å². The quantitative estimate of drug-likeness (QED) is 0.848. The molecule has 0 spiro atoms. The Morgan fingerprint density at radius 2 is 1.94 bits per heavy atom. The Bertz CT molecular complexity index is 563. The first kappa shape index (κ1) is 13.4. The number of nitrogen functional groups attached to an aromatic ring is 1. The lowest BCUT2D eigenvalue weighted by molar-refractivity contribution is 0.452. The highest BCUT2D eigenvalue weighted by Gasteiger charge is 2.30. The van der Waals surface area contributed by atoms with E-state index in [2.05, 4.69) is 0 Å². The number of nitrogens with two attached hydrogens (primary N) is 1. The maximum absolute atomic E-state index is 12.5. The molecule has 2 rings (SSSR count). The van der Waals surface area contributed by atoms with Gasteiger partial charge in [0, 0.05) is 19.3 Å². The molecule has 0 bridgehead atoms. The Balaban J connectivity index is 2.39. The molecule has 1 aliphatic rings. The number of hydrogen-bond donors (Lipinski definition) is 1. The minimum Gasteiger partial charge on any atom is -0.399 e. The molecule has 0 radical (unpaired) electrons. The molecule has 1 aromatic rings. The fraction of sp³-hybridized carbons (Fsp3) is 0.538. The molecule has 4 nitrogen and oxygen atoms in total. The normalized spacial score (nSPS) is 16.2. The maximum atomic E-state index is 12.5. The van der Waals surface area contributed by atoms with Crippen LogP contribution in [0.5, 0.6) is 0 Å². The standard InChI is InChI=1S/C13H20N2O2S/c1-9-6-12(14)7-13(10(9)2)18(16,17)15(3)8-11-4-5-11/h6-7,11H,4-5,8,14H2,1-3H3. The van der Waals surface area contributed by atoms with Gasteiger partial charge in [-0.3, -0.25) is 0 Å². The van der Waals surface area contributed by atoms with Crippen molar-refractivity contribution in [3.05, 3.63) is 23.3 Å². The van der Waals surface area contributed by atoms with E-state index in [9.17, 15) is 8.42 Å². The van der Waals surface area contributed by atoms with Crippen molar-refractivity contribution in [2.24, 2.45) is 5.92 Å². The smallest absolute Gasteiger partial charge is 0.243 e. The number of benzene rings is 1. The summed E-state index contributed by atoms with van der Waals surface area (Å²) in [7, 11) is -1.77. The van der Waals surface area contributed by atoms with Crippen LogP contribution in [0, 0.1) is 19.8 Å². The molecular weight excluding hydrogens is 248 g/mol. The van der Waals surface area contributed by atoms with Crippen molar-refractivity contribution < 1.29 is 8.42 Å². The Kier molecular flexibility index (Phi) is 3.38. The van der Waals surface area contributed by atoms with E-state index >= 15 is 0 Å². The molecule has 1 aliphatic carbocycles. The van der Waals surface area contributed by atoms with Crippen molar-refractivity contribution in [1.82, 2.24) is 4.31 Å². The number of anilines is 1. The van der Waals surface area contributed by atoms with E-state index in [1.54, 1.807) is 19.2 Å². The summed E-state index contributed by atoms with van der Waals surface area (Å²) in [6.45, 7) is 4.31. The average Bonchev–Trinajstić information content (AvgIpc) is 3.06. The lowest BCUT2D eigenvalue weighted by Crippen LogP contribution is -2.29. The van der Waals surface area contributed by atoms with Crippen LogP contribution in [0.4, 0.5) is 5.69 Å². The first-order valence-corrected chi connectivity index (χ1v) is 7.59. The van der Waals surface area contributed by atoms with Gasteiger partial charge in [0.25, 0.3) is 0 Å². The zero-order valence-corrected chi connectivity index (χ0v) is 11.9. The van der Waals surface area contributed by atoms with E-state index in [0.717, 1.165) is 24.0 Å². The first-order chi connectivity index (χ1) is 8.32. The van der Waals surface area contributed by atoms with Gasteiger partial charge < -0.3 is 5.73 Å². The van der Waals surface area contributed by atoms with Crippen molar-refractivity contribution in [3.63, 3.8) is 0 Å². The van der Waals surface area contributed by atoms with Gasteiger partial charge in [-0.05, 0) is 55.9 Å². The highest BCUT2D eigenvalue weighted by molar-refractivity contribution is 7.89. The second-order valence-corrected chi connectivity index (χ2v) is 7.20. The van der Waals surface area contributed by atoms with E-state index in [1.807, 2.05) is 13.8 Å².